The average Bonchev–Trinajstić information content (AvgIpc) is 3.38. The molecule has 2 rings (SSSR count). The van der Waals surface area contributed by atoms with Gasteiger partial charge in [0.2, 0.25) is 17.7 Å². The normalized spacial score (nSPS) is 15.8. The molecule has 13 heteroatoms. The van der Waals surface area contributed by atoms with E-state index in [9.17, 15) is 34.5 Å². The number of carbonyl (C=O) groups excluding carboxylic acids is 3. The molecule has 0 bridgehead atoms. The van der Waals surface area contributed by atoms with Crippen molar-refractivity contribution in [2.75, 3.05) is 0 Å². The molecule has 3 amide bonds. The van der Waals surface area contributed by atoms with Gasteiger partial charge >= 0.3 is 5.97 Å². The predicted molar refractivity (Wildman–Crippen MR) is 137 cm³/mol. The van der Waals surface area contributed by atoms with E-state index < -0.39 is 59.9 Å². The number of amides is 3. The second kappa shape index (κ2) is 14.1. The Morgan fingerprint density at radius 3 is 2.13 bits per heavy atom. The van der Waals surface area contributed by atoms with Gasteiger partial charge in [0.05, 0.1) is 18.5 Å². The van der Waals surface area contributed by atoms with Crippen LogP contribution >= 0.6 is 0 Å². The third-order valence-electron chi connectivity index (χ3n) is 6.18. The molecule has 1 heterocycles. The summed E-state index contributed by atoms with van der Waals surface area (Å²) in [5, 5.41) is 36.2. The first kappa shape index (κ1) is 30.3. The number of phenolic OH excluding ortho intramolecular Hbond substituents is 1. The summed E-state index contributed by atoms with van der Waals surface area (Å²) in [5.74, 6) is -3.89. The highest BCUT2D eigenvalue weighted by Gasteiger charge is 2.34. The van der Waals surface area contributed by atoms with Crippen LogP contribution in [0.25, 0.3) is 0 Å². The number of rotatable bonds is 14. The van der Waals surface area contributed by atoms with Gasteiger partial charge in [0.1, 0.15) is 17.8 Å². The van der Waals surface area contributed by atoms with Crippen LogP contribution in [0.1, 0.15) is 38.4 Å². The van der Waals surface area contributed by atoms with Crippen molar-refractivity contribution >= 4 is 23.7 Å². The SMILES string of the molecule is CCC(C)C(NC(=O)C(Cc1ccc(O)cc1)NC(=O)C(N)Cc1cnc[nH]1)C(=O)NC(C(=O)O)C(C)O. The van der Waals surface area contributed by atoms with Gasteiger partial charge in [-0.2, -0.15) is 0 Å². The van der Waals surface area contributed by atoms with Crippen molar-refractivity contribution in [1.82, 2.24) is 25.9 Å². The molecule has 0 spiro atoms. The van der Waals surface area contributed by atoms with Crippen LogP contribution in [0, 0.1) is 5.92 Å². The number of nitrogens with two attached hydrogens (primary N) is 1. The van der Waals surface area contributed by atoms with E-state index in [4.69, 9.17) is 5.73 Å². The number of carboxylic acids is 1. The zero-order valence-corrected chi connectivity index (χ0v) is 21.5. The van der Waals surface area contributed by atoms with E-state index in [0.29, 0.717) is 17.7 Å². The quantitative estimate of drug-likeness (QED) is 0.152. The van der Waals surface area contributed by atoms with Crippen molar-refractivity contribution in [1.29, 1.82) is 0 Å². The number of hydrogen-bond donors (Lipinski definition) is 8. The lowest BCUT2D eigenvalue weighted by molar-refractivity contribution is -0.145. The lowest BCUT2D eigenvalue weighted by Gasteiger charge is -2.28. The van der Waals surface area contributed by atoms with Gasteiger partial charge < -0.3 is 42.0 Å². The van der Waals surface area contributed by atoms with Crippen LogP contribution in [-0.4, -0.2) is 79.2 Å². The minimum Gasteiger partial charge on any atom is -0.508 e. The second-order valence-corrected chi connectivity index (χ2v) is 9.26. The summed E-state index contributed by atoms with van der Waals surface area (Å²) in [6.45, 7) is 4.73. The van der Waals surface area contributed by atoms with Gasteiger partial charge in [-0.3, -0.25) is 14.4 Å². The summed E-state index contributed by atoms with van der Waals surface area (Å²) in [6.07, 6.45) is 2.24. The highest BCUT2D eigenvalue weighted by molar-refractivity contribution is 5.94. The molecule has 2 aromatic rings. The number of carboxylic acid groups (broad SMARTS) is 1. The van der Waals surface area contributed by atoms with Crippen LogP contribution in [-0.2, 0) is 32.0 Å². The zero-order valence-electron chi connectivity index (χ0n) is 21.5. The number of imidazole rings is 1. The minimum atomic E-state index is -1.57. The number of carbonyl (C=O) groups is 4. The summed E-state index contributed by atoms with van der Waals surface area (Å²) in [7, 11) is 0. The highest BCUT2D eigenvalue weighted by atomic mass is 16.4. The van der Waals surface area contributed by atoms with E-state index in [-0.39, 0.29) is 18.6 Å². The number of benzene rings is 1. The number of nitrogens with zero attached hydrogens (tertiary/aromatic N) is 1. The van der Waals surface area contributed by atoms with Crippen LogP contribution in [0.4, 0.5) is 0 Å². The number of nitrogens with one attached hydrogen (secondary N) is 4. The van der Waals surface area contributed by atoms with Crippen molar-refractivity contribution in [2.45, 2.75) is 70.3 Å². The molecule has 0 radical (unpaired) electrons. The molecule has 0 aliphatic carbocycles. The Kier molecular flexibility index (Phi) is 11.2. The number of aromatic nitrogens is 2. The van der Waals surface area contributed by atoms with Crippen LogP contribution in [0.2, 0.25) is 0 Å². The minimum absolute atomic E-state index is 0.0227. The largest absolute Gasteiger partial charge is 0.508 e. The third-order valence-corrected chi connectivity index (χ3v) is 6.18. The van der Waals surface area contributed by atoms with Crippen LogP contribution < -0.4 is 21.7 Å². The van der Waals surface area contributed by atoms with E-state index in [1.165, 1.54) is 31.6 Å². The molecule has 208 valence electrons. The Balaban J connectivity index is 2.24. The number of aliphatic carboxylic acids is 1. The number of H-pyrrole nitrogens is 1. The molecule has 6 unspecified atom stereocenters. The Morgan fingerprint density at radius 2 is 1.61 bits per heavy atom. The van der Waals surface area contributed by atoms with Crippen molar-refractivity contribution in [2.24, 2.45) is 11.7 Å². The first-order valence-electron chi connectivity index (χ1n) is 12.3. The second-order valence-electron chi connectivity index (χ2n) is 9.26. The monoisotopic (exact) mass is 532 g/mol. The van der Waals surface area contributed by atoms with E-state index in [2.05, 4.69) is 25.9 Å². The van der Waals surface area contributed by atoms with E-state index in [1.54, 1.807) is 26.0 Å². The van der Waals surface area contributed by atoms with Gasteiger partial charge in [0, 0.05) is 24.7 Å². The number of aromatic hydroxyl groups is 1. The molecule has 38 heavy (non-hydrogen) atoms. The third kappa shape index (κ3) is 8.85. The highest BCUT2D eigenvalue weighted by Crippen LogP contribution is 2.14. The fourth-order valence-electron chi connectivity index (χ4n) is 3.67. The van der Waals surface area contributed by atoms with Crippen LogP contribution in [0.3, 0.4) is 0 Å². The lowest BCUT2D eigenvalue weighted by atomic mass is 9.96. The molecule has 9 N–H and O–H groups in total. The fourth-order valence-corrected chi connectivity index (χ4v) is 3.67. The van der Waals surface area contributed by atoms with E-state index >= 15 is 0 Å². The van der Waals surface area contributed by atoms with Crippen LogP contribution in [0.15, 0.2) is 36.8 Å². The van der Waals surface area contributed by atoms with Gasteiger partial charge in [0.15, 0.2) is 6.04 Å². The lowest BCUT2D eigenvalue weighted by Crippen LogP contribution is -2.60. The maximum absolute atomic E-state index is 13.4. The molecule has 0 aliphatic heterocycles. The van der Waals surface area contributed by atoms with E-state index in [1.807, 2.05) is 0 Å². The molecule has 13 nitrogen and oxygen atoms in total. The fraction of sp³-hybridized carbons (Fsp3) is 0.480. The molecular weight excluding hydrogens is 496 g/mol. The van der Waals surface area contributed by atoms with Gasteiger partial charge in [-0.15, -0.1) is 0 Å². The molecule has 0 aliphatic rings. The molecule has 1 aromatic heterocycles. The Labute approximate surface area is 220 Å². The first-order valence-corrected chi connectivity index (χ1v) is 12.3. The number of phenols is 1. The Morgan fingerprint density at radius 1 is 0.974 bits per heavy atom. The summed E-state index contributed by atoms with van der Waals surface area (Å²) < 4.78 is 0. The maximum Gasteiger partial charge on any atom is 0.328 e. The smallest absolute Gasteiger partial charge is 0.328 e. The predicted octanol–water partition coefficient (Wildman–Crippen LogP) is -0.806. The zero-order chi connectivity index (χ0) is 28.4. The van der Waals surface area contributed by atoms with Gasteiger partial charge in [-0.25, -0.2) is 9.78 Å². The average molecular weight is 533 g/mol. The number of aromatic amines is 1. The number of aliphatic hydroxyl groups is 1. The van der Waals surface area contributed by atoms with Crippen molar-refractivity contribution in [3.8, 4) is 5.75 Å². The Bertz CT molecular complexity index is 1070. The molecule has 0 saturated carbocycles. The molecule has 1 aromatic carbocycles. The van der Waals surface area contributed by atoms with E-state index in [0.717, 1.165) is 0 Å². The Hall–Kier alpha value is -3.97. The number of hydrogen-bond acceptors (Lipinski definition) is 8. The first-order chi connectivity index (χ1) is 17.9. The van der Waals surface area contributed by atoms with Crippen LogP contribution in [0.5, 0.6) is 5.75 Å². The van der Waals surface area contributed by atoms with Gasteiger partial charge in [-0.05, 0) is 30.5 Å². The molecule has 0 saturated heterocycles. The summed E-state index contributed by atoms with van der Waals surface area (Å²) in [6, 6.07) is 1.19. The van der Waals surface area contributed by atoms with Crippen molar-refractivity contribution < 1.29 is 34.5 Å². The van der Waals surface area contributed by atoms with Gasteiger partial charge in [0.25, 0.3) is 0 Å². The standard InChI is InChI=1S/C25H36N6O7/c1-4-13(2)20(24(36)31-21(14(3)32)25(37)38)30-23(35)19(9-15-5-7-17(33)8-6-15)29-22(34)18(26)10-16-11-27-12-28-16/h5-8,11-14,18-21,32-33H,4,9-10,26H2,1-3H3,(H,27,28)(H,29,34)(H,30,35)(H,31,36)(H,37,38). The van der Waals surface area contributed by atoms with Gasteiger partial charge in [-0.1, -0.05) is 32.4 Å². The summed E-state index contributed by atoms with van der Waals surface area (Å²) in [5.41, 5.74) is 7.28. The van der Waals surface area contributed by atoms with Crippen molar-refractivity contribution in [3.63, 3.8) is 0 Å². The maximum atomic E-state index is 13.4. The topological polar surface area (TPSA) is 220 Å². The number of aliphatic hydroxyl groups excluding tert-OH is 1. The summed E-state index contributed by atoms with van der Waals surface area (Å²) >= 11 is 0. The van der Waals surface area contributed by atoms with Crippen molar-refractivity contribution in [3.05, 3.63) is 48.0 Å². The molecule has 6 atom stereocenters. The molecular formula is C25H36N6O7. The molecule has 0 fully saturated rings. The summed E-state index contributed by atoms with van der Waals surface area (Å²) in [4.78, 5) is 57.4.